The molecule has 1 fully saturated rings. The summed E-state index contributed by atoms with van der Waals surface area (Å²) in [4.78, 5) is 29.0. The molecule has 0 spiro atoms. The lowest BCUT2D eigenvalue weighted by molar-refractivity contribution is -0.140. The van der Waals surface area contributed by atoms with Crippen molar-refractivity contribution >= 4 is 40.7 Å². The number of halogens is 2. The number of amides is 1. The Bertz CT molecular complexity index is 939. The van der Waals surface area contributed by atoms with Crippen LogP contribution in [0, 0.1) is 0 Å². The molecule has 28 heavy (non-hydrogen) atoms. The number of aliphatic hydroxyl groups excluding tert-OH is 1. The van der Waals surface area contributed by atoms with Gasteiger partial charge < -0.3 is 14.9 Å². The van der Waals surface area contributed by atoms with Gasteiger partial charge in [0, 0.05) is 28.7 Å². The van der Waals surface area contributed by atoms with Gasteiger partial charge in [-0.05, 0) is 43.9 Å². The summed E-state index contributed by atoms with van der Waals surface area (Å²) in [5.74, 6) is -1.59. The molecule has 7 heteroatoms. The van der Waals surface area contributed by atoms with Crippen molar-refractivity contribution in [3.05, 3.63) is 75.3 Å². The zero-order chi connectivity index (χ0) is 20.4. The first-order valence-electron chi connectivity index (χ1n) is 8.74. The molecule has 1 aliphatic heterocycles. The fraction of sp³-hybridized carbons (Fsp3) is 0.238. The van der Waals surface area contributed by atoms with Gasteiger partial charge in [0.1, 0.15) is 5.76 Å². The molecule has 0 aromatic heterocycles. The molecule has 2 aromatic carbocycles. The van der Waals surface area contributed by atoms with Crippen molar-refractivity contribution in [1.82, 2.24) is 9.80 Å². The van der Waals surface area contributed by atoms with Gasteiger partial charge in [0.15, 0.2) is 0 Å². The molecular weight excluding hydrogens is 399 g/mol. The average molecular weight is 419 g/mol. The number of carbonyl (C=O) groups excluding carboxylic acids is 2. The Labute approximate surface area is 173 Å². The highest BCUT2D eigenvalue weighted by Gasteiger charge is 2.45. The van der Waals surface area contributed by atoms with Crippen LogP contribution in [-0.4, -0.2) is 53.8 Å². The van der Waals surface area contributed by atoms with Gasteiger partial charge in [0.05, 0.1) is 11.6 Å². The summed E-state index contributed by atoms with van der Waals surface area (Å²) >= 11 is 12.0. The van der Waals surface area contributed by atoms with Gasteiger partial charge in [-0.2, -0.15) is 0 Å². The van der Waals surface area contributed by atoms with E-state index in [-0.39, 0.29) is 11.3 Å². The number of Topliss-reactive ketones (excluding diaryl/α,β-unsaturated/α-hetero) is 1. The van der Waals surface area contributed by atoms with Crippen molar-refractivity contribution in [2.75, 3.05) is 27.2 Å². The van der Waals surface area contributed by atoms with E-state index in [0.29, 0.717) is 34.3 Å². The fourth-order valence-corrected chi connectivity index (χ4v) is 3.52. The summed E-state index contributed by atoms with van der Waals surface area (Å²) in [6.45, 7) is 0.922. The number of hydrogen-bond acceptors (Lipinski definition) is 4. The van der Waals surface area contributed by atoms with E-state index in [0.717, 1.165) is 0 Å². The predicted octanol–water partition coefficient (Wildman–Crippen LogP) is 3.98. The molecule has 146 valence electrons. The molecule has 3 rings (SSSR count). The summed E-state index contributed by atoms with van der Waals surface area (Å²) in [5, 5.41) is 11.9. The van der Waals surface area contributed by atoms with Gasteiger partial charge in [-0.3, -0.25) is 9.59 Å². The van der Waals surface area contributed by atoms with Crippen LogP contribution >= 0.6 is 23.2 Å². The minimum atomic E-state index is -0.712. The fourth-order valence-electron chi connectivity index (χ4n) is 3.20. The highest BCUT2D eigenvalue weighted by Crippen LogP contribution is 2.39. The predicted molar refractivity (Wildman–Crippen MR) is 110 cm³/mol. The molecular formula is C21H20Cl2N2O3. The SMILES string of the molecule is CN(C)CCN1C(=O)C(=O)/C(=C(\O)c2cccc(Cl)c2)C1c1ccc(Cl)cc1. The molecule has 0 bridgehead atoms. The van der Waals surface area contributed by atoms with E-state index in [9.17, 15) is 14.7 Å². The van der Waals surface area contributed by atoms with Crippen molar-refractivity contribution in [2.45, 2.75) is 6.04 Å². The lowest BCUT2D eigenvalue weighted by Crippen LogP contribution is -2.35. The Morgan fingerprint density at radius 3 is 2.36 bits per heavy atom. The Kier molecular flexibility index (Phi) is 6.08. The molecule has 0 saturated carbocycles. The average Bonchev–Trinajstić information content (AvgIpc) is 2.91. The number of aliphatic hydroxyl groups is 1. The minimum Gasteiger partial charge on any atom is -0.507 e. The van der Waals surface area contributed by atoms with E-state index in [1.165, 1.54) is 4.90 Å². The summed E-state index contributed by atoms with van der Waals surface area (Å²) in [5.41, 5.74) is 1.14. The van der Waals surface area contributed by atoms with Crippen LogP contribution in [0.25, 0.3) is 5.76 Å². The van der Waals surface area contributed by atoms with Crippen molar-refractivity contribution in [2.24, 2.45) is 0 Å². The van der Waals surface area contributed by atoms with Crippen LogP contribution < -0.4 is 0 Å². The quantitative estimate of drug-likeness (QED) is 0.453. The number of nitrogens with zero attached hydrogens (tertiary/aromatic N) is 2. The van der Waals surface area contributed by atoms with Crippen LogP contribution in [0.5, 0.6) is 0 Å². The second-order valence-electron chi connectivity index (χ2n) is 6.86. The first-order chi connectivity index (χ1) is 13.3. The number of carbonyl (C=O) groups is 2. The van der Waals surface area contributed by atoms with Crippen molar-refractivity contribution in [1.29, 1.82) is 0 Å². The molecule has 1 amide bonds. The Hall–Kier alpha value is -2.34. The first kappa shape index (κ1) is 20.4. The standard InChI is InChI=1S/C21H20Cl2N2O3/c1-24(2)10-11-25-18(13-6-8-15(22)9-7-13)17(20(27)21(25)28)19(26)14-4-3-5-16(23)12-14/h3-9,12,18,26H,10-11H2,1-2H3/b19-17-. The number of rotatable bonds is 5. The smallest absolute Gasteiger partial charge is 0.295 e. The largest absolute Gasteiger partial charge is 0.507 e. The van der Waals surface area contributed by atoms with Crippen LogP contribution in [0.4, 0.5) is 0 Å². The van der Waals surface area contributed by atoms with E-state index in [1.54, 1.807) is 48.5 Å². The summed E-state index contributed by atoms with van der Waals surface area (Å²) in [7, 11) is 3.78. The third-order valence-corrected chi connectivity index (χ3v) is 5.10. The van der Waals surface area contributed by atoms with Gasteiger partial charge in [-0.1, -0.05) is 47.5 Å². The molecule has 0 aliphatic carbocycles. The Morgan fingerprint density at radius 1 is 1.07 bits per heavy atom. The minimum absolute atomic E-state index is 0.0494. The van der Waals surface area contributed by atoms with Crippen LogP contribution in [-0.2, 0) is 9.59 Å². The van der Waals surface area contributed by atoms with Crippen LogP contribution in [0.15, 0.2) is 54.1 Å². The van der Waals surface area contributed by atoms with Crippen molar-refractivity contribution < 1.29 is 14.7 Å². The zero-order valence-corrected chi connectivity index (χ0v) is 17.0. The normalized spacial score (nSPS) is 18.9. The highest BCUT2D eigenvalue weighted by molar-refractivity contribution is 6.46. The molecule has 1 heterocycles. The molecule has 2 aromatic rings. The molecule has 1 atom stereocenters. The van der Waals surface area contributed by atoms with E-state index < -0.39 is 17.7 Å². The van der Waals surface area contributed by atoms with Gasteiger partial charge >= 0.3 is 0 Å². The number of hydrogen-bond donors (Lipinski definition) is 1. The summed E-state index contributed by atoms with van der Waals surface area (Å²) < 4.78 is 0. The number of ketones is 1. The van der Waals surface area contributed by atoms with Gasteiger partial charge in [-0.25, -0.2) is 0 Å². The second kappa shape index (κ2) is 8.35. The highest BCUT2D eigenvalue weighted by atomic mass is 35.5. The van der Waals surface area contributed by atoms with Gasteiger partial charge in [0.2, 0.25) is 0 Å². The Balaban J connectivity index is 2.14. The first-order valence-corrected chi connectivity index (χ1v) is 9.49. The summed E-state index contributed by atoms with van der Waals surface area (Å²) in [6.07, 6.45) is 0. The number of likely N-dealkylation sites (N-methyl/N-ethyl adjacent to an activating group) is 1. The van der Waals surface area contributed by atoms with Crippen LogP contribution in [0.2, 0.25) is 10.0 Å². The van der Waals surface area contributed by atoms with Gasteiger partial charge in [0.25, 0.3) is 11.7 Å². The molecule has 1 saturated heterocycles. The third-order valence-electron chi connectivity index (χ3n) is 4.61. The lowest BCUT2D eigenvalue weighted by atomic mass is 9.95. The Morgan fingerprint density at radius 2 is 1.75 bits per heavy atom. The van der Waals surface area contributed by atoms with Crippen LogP contribution in [0.3, 0.4) is 0 Å². The van der Waals surface area contributed by atoms with E-state index in [4.69, 9.17) is 23.2 Å². The van der Waals surface area contributed by atoms with Crippen molar-refractivity contribution in [3.8, 4) is 0 Å². The van der Waals surface area contributed by atoms with E-state index >= 15 is 0 Å². The van der Waals surface area contributed by atoms with Crippen LogP contribution in [0.1, 0.15) is 17.2 Å². The third kappa shape index (κ3) is 4.07. The maximum Gasteiger partial charge on any atom is 0.295 e. The maximum atomic E-state index is 12.8. The molecule has 1 aliphatic rings. The van der Waals surface area contributed by atoms with E-state index in [1.807, 2.05) is 19.0 Å². The number of likely N-dealkylation sites (tertiary alicyclic amines) is 1. The number of benzene rings is 2. The maximum absolute atomic E-state index is 12.8. The van der Waals surface area contributed by atoms with Gasteiger partial charge in [-0.15, -0.1) is 0 Å². The van der Waals surface area contributed by atoms with Crippen molar-refractivity contribution in [3.63, 3.8) is 0 Å². The second-order valence-corrected chi connectivity index (χ2v) is 7.73. The monoisotopic (exact) mass is 418 g/mol. The molecule has 0 radical (unpaired) electrons. The molecule has 1 N–H and O–H groups in total. The lowest BCUT2D eigenvalue weighted by Gasteiger charge is -2.26. The zero-order valence-electron chi connectivity index (χ0n) is 15.5. The summed E-state index contributed by atoms with van der Waals surface area (Å²) in [6, 6.07) is 12.8. The topological polar surface area (TPSA) is 60.9 Å². The molecule has 5 nitrogen and oxygen atoms in total. The van der Waals surface area contributed by atoms with E-state index in [2.05, 4.69) is 0 Å². The molecule has 1 unspecified atom stereocenters.